The van der Waals surface area contributed by atoms with Gasteiger partial charge in [-0.05, 0) is 54.1 Å². The molecular formula is C29H25ClN2O6. The molecule has 0 saturated carbocycles. The third-order valence-corrected chi connectivity index (χ3v) is 6.76. The lowest BCUT2D eigenvalue weighted by Gasteiger charge is -2.27. The fraction of sp³-hybridized carbons (Fsp3) is 0.172. The molecule has 5 rings (SSSR count). The normalized spacial score (nSPS) is 15.3. The van der Waals surface area contributed by atoms with Crippen molar-refractivity contribution in [3.8, 4) is 11.5 Å². The van der Waals surface area contributed by atoms with Gasteiger partial charge in [0.15, 0.2) is 23.0 Å². The van der Waals surface area contributed by atoms with Crippen LogP contribution in [-0.2, 0) is 4.79 Å². The number of amides is 1. The van der Waals surface area contributed by atoms with Crippen LogP contribution in [0, 0.1) is 0 Å². The molecule has 0 radical (unpaired) electrons. The lowest BCUT2D eigenvalue weighted by atomic mass is 9.94. The maximum Gasteiger partial charge on any atom is 0.294 e. The van der Waals surface area contributed by atoms with Gasteiger partial charge in [0, 0.05) is 41.9 Å². The molecule has 1 aliphatic rings. The van der Waals surface area contributed by atoms with Crippen molar-refractivity contribution in [3.63, 3.8) is 0 Å². The van der Waals surface area contributed by atoms with Crippen LogP contribution in [0.1, 0.15) is 22.2 Å². The number of hydrogen-bond donors (Lipinski definition) is 1. The Balaban J connectivity index is 1.65. The summed E-state index contributed by atoms with van der Waals surface area (Å²) < 4.78 is 16.6. The molecule has 3 aromatic carbocycles. The quantitative estimate of drug-likeness (QED) is 0.294. The molecule has 8 nitrogen and oxygen atoms in total. The number of aliphatic hydroxyl groups excluding tert-OH is 1. The zero-order chi connectivity index (χ0) is 27.1. The molecule has 0 spiro atoms. The first kappa shape index (κ1) is 25.2. The van der Waals surface area contributed by atoms with Gasteiger partial charge in [-0.1, -0.05) is 23.7 Å². The number of Topliss-reactive ketones (excluding diaryl/α,β-unsaturated/α-hetero) is 1. The molecule has 9 heteroatoms. The Morgan fingerprint density at radius 3 is 2.34 bits per heavy atom. The van der Waals surface area contributed by atoms with Crippen molar-refractivity contribution in [1.29, 1.82) is 0 Å². The fourth-order valence-electron chi connectivity index (χ4n) is 4.61. The number of rotatable bonds is 7. The van der Waals surface area contributed by atoms with E-state index in [2.05, 4.69) is 0 Å². The van der Waals surface area contributed by atoms with E-state index in [1.807, 2.05) is 43.3 Å². The zero-order valence-corrected chi connectivity index (χ0v) is 21.9. The Morgan fingerprint density at radius 1 is 0.974 bits per heavy atom. The van der Waals surface area contributed by atoms with Gasteiger partial charge in [0.1, 0.15) is 5.58 Å². The number of halogens is 1. The molecule has 0 saturated heterocycles. The molecule has 38 heavy (non-hydrogen) atoms. The summed E-state index contributed by atoms with van der Waals surface area (Å²) in [5.41, 5.74) is 2.36. The second-order valence-electron chi connectivity index (χ2n) is 8.99. The van der Waals surface area contributed by atoms with E-state index in [1.54, 1.807) is 42.5 Å². The lowest BCUT2D eigenvalue weighted by molar-refractivity contribution is -0.117. The van der Waals surface area contributed by atoms with Crippen molar-refractivity contribution in [2.75, 3.05) is 38.1 Å². The summed E-state index contributed by atoms with van der Waals surface area (Å²) in [7, 11) is 6.83. The van der Waals surface area contributed by atoms with Gasteiger partial charge in [0.25, 0.3) is 5.91 Å². The van der Waals surface area contributed by atoms with Crippen molar-refractivity contribution in [2.45, 2.75) is 6.04 Å². The van der Waals surface area contributed by atoms with Gasteiger partial charge in [-0.15, -0.1) is 0 Å². The van der Waals surface area contributed by atoms with Crippen LogP contribution in [0.2, 0.25) is 5.02 Å². The minimum Gasteiger partial charge on any atom is -0.503 e. The van der Waals surface area contributed by atoms with Gasteiger partial charge in [-0.3, -0.25) is 14.5 Å². The van der Waals surface area contributed by atoms with E-state index in [-0.39, 0.29) is 11.3 Å². The van der Waals surface area contributed by atoms with E-state index in [4.69, 9.17) is 25.5 Å². The van der Waals surface area contributed by atoms with E-state index in [0.717, 1.165) is 5.69 Å². The van der Waals surface area contributed by atoms with Crippen LogP contribution < -0.4 is 19.3 Å². The van der Waals surface area contributed by atoms with E-state index in [0.29, 0.717) is 38.7 Å². The van der Waals surface area contributed by atoms with Gasteiger partial charge in [0.2, 0.25) is 5.78 Å². The van der Waals surface area contributed by atoms with Crippen LogP contribution in [0.15, 0.2) is 82.5 Å². The predicted molar refractivity (Wildman–Crippen MR) is 146 cm³/mol. The smallest absolute Gasteiger partial charge is 0.294 e. The molecule has 0 fully saturated rings. The maximum atomic E-state index is 13.8. The van der Waals surface area contributed by atoms with Gasteiger partial charge in [-0.25, -0.2) is 0 Å². The first-order valence-electron chi connectivity index (χ1n) is 11.7. The van der Waals surface area contributed by atoms with Crippen molar-refractivity contribution >= 4 is 45.6 Å². The summed E-state index contributed by atoms with van der Waals surface area (Å²) in [6.45, 7) is 0. The first-order valence-corrected chi connectivity index (χ1v) is 12.1. The van der Waals surface area contributed by atoms with E-state index >= 15 is 0 Å². The number of methoxy groups -OCH3 is 2. The predicted octanol–water partition coefficient (Wildman–Crippen LogP) is 5.95. The largest absolute Gasteiger partial charge is 0.503 e. The highest BCUT2D eigenvalue weighted by atomic mass is 35.5. The number of ketones is 1. The highest BCUT2D eigenvalue weighted by Gasteiger charge is 2.45. The number of nitrogens with zero attached hydrogens (tertiary/aromatic N) is 2. The SMILES string of the molecule is COc1ccc(N2C(=O)C(O)=C(C(=O)c3cc4cc(Cl)ccc4o3)C2c2ccc(N(C)C)cc2)cc1OC. The van der Waals surface area contributed by atoms with Crippen LogP contribution >= 0.6 is 11.6 Å². The first-order chi connectivity index (χ1) is 18.2. The van der Waals surface area contributed by atoms with Crippen molar-refractivity contribution in [3.05, 3.63) is 94.4 Å². The molecule has 1 unspecified atom stereocenters. The number of anilines is 2. The fourth-order valence-corrected chi connectivity index (χ4v) is 4.79. The summed E-state index contributed by atoms with van der Waals surface area (Å²) in [6, 6.07) is 18.0. The topological polar surface area (TPSA) is 92.5 Å². The van der Waals surface area contributed by atoms with Crippen LogP contribution in [-0.4, -0.2) is 45.1 Å². The van der Waals surface area contributed by atoms with E-state index in [9.17, 15) is 14.7 Å². The second kappa shape index (κ2) is 9.79. The number of benzene rings is 3. The number of hydrogen-bond acceptors (Lipinski definition) is 7. The minimum atomic E-state index is -0.930. The van der Waals surface area contributed by atoms with Gasteiger partial charge < -0.3 is 23.9 Å². The van der Waals surface area contributed by atoms with Crippen LogP contribution in [0.4, 0.5) is 11.4 Å². The van der Waals surface area contributed by atoms with Gasteiger partial charge in [0.05, 0.1) is 25.8 Å². The number of aliphatic hydroxyl groups is 1. The number of carbonyl (C=O) groups excluding carboxylic acids is 2. The molecule has 2 heterocycles. The summed E-state index contributed by atoms with van der Waals surface area (Å²) in [5, 5.41) is 12.2. The van der Waals surface area contributed by atoms with Crippen LogP contribution in [0.5, 0.6) is 11.5 Å². The molecule has 1 atom stereocenters. The summed E-state index contributed by atoms with van der Waals surface area (Å²) in [4.78, 5) is 30.7. The average Bonchev–Trinajstić information content (AvgIpc) is 3.46. The highest BCUT2D eigenvalue weighted by Crippen LogP contribution is 2.44. The monoisotopic (exact) mass is 532 g/mol. The van der Waals surface area contributed by atoms with Crippen LogP contribution in [0.3, 0.4) is 0 Å². The Labute approximate surface area is 224 Å². The Kier molecular flexibility index (Phi) is 6.50. The lowest BCUT2D eigenvalue weighted by Crippen LogP contribution is -2.31. The molecule has 4 aromatic rings. The molecular weight excluding hydrogens is 508 g/mol. The Hall–Kier alpha value is -4.43. The molecule has 1 N–H and O–H groups in total. The number of furan rings is 1. The molecule has 1 amide bonds. The molecule has 1 aliphatic heterocycles. The van der Waals surface area contributed by atoms with Gasteiger partial charge >= 0.3 is 0 Å². The molecule has 1 aromatic heterocycles. The van der Waals surface area contributed by atoms with E-state index < -0.39 is 23.5 Å². The third-order valence-electron chi connectivity index (χ3n) is 6.53. The van der Waals surface area contributed by atoms with Crippen molar-refractivity contribution in [2.24, 2.45) is 0 Å². The number of ether oxygens (including phenoxy) is 2. The summed E-state index contributed by atoms with van der Waals surface area (Å²) in [5.74, 6) is -1.11. The second-order valence-corrected chi connectivity index (χ2v) is 9.42. The molecule has 0 aliphatic carbocycles. The van der Waals surface area contributed by atoms with E-state index in [1.165, 1.54) is 19.1 Å². The maximum absolute atomic E-state index is 13.8. The highest BCUT2D eigenvalue weighted by molar-refractivity contribution is 6.31. The minimum absolute atomic E-state index is 0.0133. The van der Waals surface area contributed by atoms with Crippen LogP contribution in [0.25, 0.3) is 11.0 Å². The van der Waals surface area contributed by atoms with Crippen molar-refractivity contribution < 1.29 is 28.6 Å². The standard InChI is InChI=1S/C29H25ClN2O6/c1-31(2)19-8-5-16(6-9-19)26-25(27(33)24-14-17-13-18(30)7-11-21(17)38-24)28(34)29(35)32(26)20-10-12-22(36-3)23(15-20)37-4/h5-15,26,34H,1-4H3. The summed E-state index contributed by atoms with van der Waals surface area (Å²) in [6.07, 6.45) is 0. The van der Waals surface area contributed by atoms with Crippen molar-refractivity contribution in [1.82, 2.24) is 0 Å². The Morgan fingerprint density at radius 2 is 1.68 bits per heavy atom. The third kappa shape index (κ3) is 4.22. The zero-order valence-electron chi connectivity index (χ0n) is 21.2. The molecule has 0 bridgehead atoms. The Bertz CT molecular complexity index is 1590. The average molecular weight is 533 g/mol. The summed E-state index contributed by atoms with van der Waals surface area (Å²) >= 11 is 6.10. The van der Waals surface area contributed by atoms with Gasteiger partial charge in [-0.2, -0.15) is 0 Å². The number of carbonyl (C=O) groups is 2. The molecule has 194 valence electrons. The number of fused-ring (bicyclic) bond motifs is 1.